The first-order valence-corrected chi connectivity index (χ1v) is 0.516. The highest BCUT2D eigenvalue weighted by Crippen LogP contribution is 1.08. The fourth-order valence-electron chi connectivity index (χ4n) is 0. The first-order chi connectivity index (χ1) is 1.41. The molecule has 0 saturated heterocycles. The number of rotatable bonds is 0. The van der Waals surface area contributed by atoms with Crippen LogP contribution in [-0.4, -0.2) is 35.1 Å². The van der Waals surface area contributed by atoms with Gasteiger partial charge >= 0.3 is 7.69 Å². The summed E-state index contributed by atoms with van der Waals surface area (Å²) in [4.78, 5) is 0. The monoisotopic (exact) mass is 74.0 g/mol. The van der Waals surface area contributed by atoms with E-state index in [0.29, 0.717) is 0 Å². The average Bonchev–Trinajstić information content (AvgIpc) is 0.918. The lowest BCUT2D eigenvalue weighted by atomic mass is 10.5. The van der Waals surface area contributed by atoms with Gasteiger partial charge in [0, 0.05) is 0 Å². The van der Waals surface area contributed by atoms with Gasteiger partial charge in [-0.3, -0.25) is 0 Å². The summed E-state index contributed by atoms with van der Waals surface area (Å²) in [5.41, 5.74) is 0. The molecule has 0 aromatic carbocycles. The predicted molar refractivity (Wildman–Crippen MR) is 18.7 cm³/mol. The molecule has 0 bridgehead atoms. The number of hydrogen-bond donors (Lipinski definition) is 2. The maximum Gasteiger partial charge on any atom is 0.482 e. The summed E-state index contributed by atoms with van der Waals surface area (Å²) in [6.45, 7) is 0. The van der Waals surface area contributed by atoms with Crippen molar-refractivity contribution in [3.8, 4) is 0 Å². The van der Waals surface area contributed by atoms with E-state index in [1.54, 1.807) is 0 Å². The summed E-state index contributed by atoms with van der Waals surface area (Å²) in [7, 11) is 0. The molecule has 0 rings (SSSR count). The Hall–Kier alpha value is 0.517. The van der Waals surface area contributed by atoms with Crippen LogP contribution in [0.3, 0.4) is 0 Å². The van der Waals surface area contributed by atoms with Crippen molar-refractivity contribution in [3.05, 3.63) is 0 Å². The lowest BCUT2D eigenvalue weighted by molar-refractivity contribution is 0.448. The van der Waals surface area contributed by atoms with Crippen molar-refractivity contribution < 1.29 is 10.0 Å². The Morgan fingerprint density at radius 1 is 1.25 bits per heavy atom. The highest BCUT2D eigenvalue weighted by molar-refractivity contribution is 6.13. The Morgan fingerprint density at radius 3 is 1.25 bits per heavy atom. The molecule has 2 nitrogen and oxygen atoms in total. The predicted octanol–water partition coefficient (Wildman–Crippen LogP) is -2.41. The summed E-state index contributed by atoms with van der Waals surface area (Å²) in [5, 5.41) is 14.0. The average molecular weight is 73.8 g/mol. The molecule has 4 heavy (non-hydrogen) atoms. The maximum absolute atomic E-state index is 7.00. The van der Waals surface area contributed by atoms with E-state index in [2.05, 4.69) is 0 Å². The molecular formula is H4AlBO2. The summed E-state index contributed by atoms with van der Waals surface area (Å²) < 4.78 is 0. The molecule has 2 N–H and O–H groups in total. The molecule has 0 unspecified atom stereocenters. The van der Waals surface area contributed by atoms with Gasteiger partial charge in [-0.1, -0.05) is 0 Å². The van der Waals surface area contributed by atoms with E-state index in [9.17, 15) is 0 Å². The van der Waals surface area contributed by atoms with Crippen molar-refractivity contribution in [2.75, 3.05) is 0 Å². The molecule has 0 amide bonds. The van der Waals surface area contributed by atoms with Crippen molar-refractivity contribution in [1.29, 1.82) is 0 Å². The quantitative estimate of drug-likeness (QED) is 0.314. The number of hydrogen-bond acceptors (Lipinski definition) is 2. The van der Waals surface area contributed by atoms with Crippen LogP contribution in [0.4, 0.5) is 0 Å². The van der Waals surface area contributed by atoms with E-state index in [1.807, 2.05) is 0 Å². The highest BCUT2D eigenvalue weighted by atomic mass is 27.0. The largest absolute Gasteiger partial charge is 0.482 e. The van der Waals surface area contributed by atoms with Crippen LogP contribution in [-0.2, 0) is 0 Å². The topological polar surface area (TPSA) is 40.5 Å². The minimum atomic E-state index is 0. The second-order valence-electron chi connectivity index (χ2n) is 0.115. The van der Waals surface area contributed by atoms with E-state index < -0.39 is 0 Å². The minimum Gasteiger partial charge on any atom is -0.429 e. The Balaban J connectivity index is 0. The zero-order valence-electron chi connectivity index (χ0n) is 2.47. The third kappa shape index (κ3) is 21.7. The Bertz CT molecular complexity index is 6.00. The van der Waals surface area contributed by atoms with Crippen LogP contribution in [0.5, 0.6) is 0 Å². The first-order valence-electron chi connectivity index (χ1n) is 0.516. The van der Waals surface area contributed by atoms with Gasteiger partial charge in [0.25, 0.3) is 0 Å². The Morgan fingerprint density at radius 2 is 1.25 bits per heavy atom. The minimum absolute atomic E-state index is 0. The third-order valence-corrected chi connectivity index (χ3v) is 0. The normalized spacial score (nSPS) is 3.50. The van der Waals surface area contributed by atoms with Crippen LogP contribution in [0.1, 0.15) is 0 Å². The van der Waals surface area contributed by atoms with E-state index in [4.69, 9.17) is 10.0 Å². The van der Waals surface area contributed by atoms with Gasteiger partial charge in [0.2, 0.25) is 0 Å². The molecule has 22 valence electrons. The van der Waals surface area contributed by atoms with Crippen LogP contribution < -0.4 is 0 Å². The Kier molecular flexibility index (Phi) is 21.3. The molecule has 0 aliphatic carbocycles. The maximum atomic E-state index is 7.00. The van der Waals surface area contributed by atoms with E-state index in [0.717, 1.165) is 0 Å². The van der Waals surface area contributed by atoms with Gasteiger partial charge in [-0.05, 0) is 0 Å². The summed E-state index contributed by atoms with van der Waals surface area (Å²) in [6.07, 6.45) is 0. The zero-order valence-corrected chi connectivity index (χ0v) is 4.47. The molecule has 0 aromatic rings. The van der Waals surface area contributed by atoms with E-state index in [1.165, 1.54) is 0 Å². The second-order valence-corrected chi connectivity index (χ2v) is 0.115. The van der Waals surface area contributed by atoms with E-state index in [-0.39, 0.29) is 25.0 Å². The summed E-state index contributed by atoms with van der Waals surface area (Å²) in [6, 6.07) is 0. The fourth-order valence-corrected chi connectivity index (χ4v) is 0. The van der Waals surface area contributed by atoms with Crippen LogP contribution >= 0.6 is 0 Å². The second kappa shape index (κ2) is 9.68. The molecular weight excluding hydrogens is 69.8 g/mol. The summed E-state index contributed by atoms with van der Waals surface area (Å²) in [5.74, 6) is 0. The SMILES string of the molecule is O[B]O.[AlH2]. The van der Waals surface area contributed by atoms with Gasteiger partial charge in [0.05, 0.1) is 0 Å². The van der Waals surface area contributed by atoms with Gasteiger partial charge in [-0.15, -0.1) is 0 Å². The molecule has 0 heterocycles. The third-order valence-electron chi connectivity index (χ3n) is 0. The fraction of sp³-hybridized carbons (Fsp3) is 0. The standard InChI is InChI=1S/Al.BH2O2.2H/c;2-1-3;;/h;2-3H;;. The van der Waals surface area contributed by atoms with E-state index >= 15 is 0 Å². The lowest BCUT2D eigenvalue weighted by Gasteiger charge is -1.46. The van der Waals surface area contributed by atoms with Gasteiger partial charge < -0.3 is 10.0 Å². The van der Waals surface area contributed by atoms with Gasteiger partial charge in [0.1, 0.15) is 17.4 Å². The molecule has 0 saturated carbocycles. The zero-order chi connectivity index (χ0) is 2.71. The van der Waals surface area contributed by atoms with Crippen molar-refractivity contribution in [2.45, 2.75) is 0 Å². The highest BCUT2D eigenvalue weighted by Gasteiger charge is 1.51. The van der Waals surface area contributed by atoms with Gasteiger partial charge in [-0.25, -0.2) is 0 Å². The molecule has 2 radical (unpaired) electrons. The van der Waals surface area contributed by atoms with Crippen molar-refractivity contribution in [1.82, 2.24) is 0 Å². The van der Waals surface area contributed by atoms with Crippen molar-refractivity contribution in [2.24, 2.45) is 0 Å². The van der Waals surface area contributed by atoms with Crippen molar-refractivity contribution in [3.63, 3.8) is 0 Å². The molecule has 0 fully saturated rings. The molecule has 0 atom stereocenters. The van der Waals surface area contributed by atoms with Crippen LogP contribution in [0.25, 0.3) is 0 Å². The van der Waals surface area contributed by atoms with Gasteiger partial charge in [-0.2, -0.15) is 0 Å². The molecule has 0 aliphatic heterocycles. The van der Waals surface area contributed by atoms with Crippen molar-refractivity contribution >= 4 is 25.0 Å². The molecule has 0 spiro atoms. The van der Waals surface area contributed by atoms with Crippen LogP contribution in [0.2, 0.25) is 0 Å². The summed E-state index contributed by atoms with van der Waals surface area (Å²) >= 11 is 0. The van der Waals surface area contributed by atoms with Crippen LogP contribution in [0, 0.1) is 0 Å². The van der Waals surface area contributed by atoms with Gasteiger partial charge in [0.15, 0.2) is 0 Å². The lowest BCUT2D eigenvalue weighted by Crippen LogP contribution is -1.75. The molecule has 0 aliphatic rings. The first kappa shape index (κ1) is 8.82. The smallest absolute Gasteiger partial charge is 0.429 e. The molecule has 0 aromatic heterocycles. The molecule has 4 heteroatoms. The van der Waals surface area contributed by atoms with Crippen LogP contribution in [0.15, 0.2) is 0 Å². The Labute approximate surface area is 35.9 Å².